The Hall–Kier alpha value is -9.90. The van der Waals surface area contributed by atoms with Gasteiger partial charge < -0.3 is 48.6 Å². The number of rotatable bonds is 13. The number of nitrogens with zero attached hydrogens (tertiary/aromatic N) is 8. The molecule has 0 radical (unpaired) electrons. The lowest BCUT2D eigenvalue weighted by Crippen LogP contribution is -2.21. The number of phenolic OH excluding ortho intramolecular Hbond substituents is 1. The van der Waals surface area contributed by atoms with Crippen molar-refractivity contribution in [2.45, 2.75) is 93.0 Å². The molecule has 19 nitrogen and oxygen atoms in total. The number of aromatic hydroxyl groups is 1. The van der Waals surface area contributed by atoms with Crippen molar-refractivity contribution in [1.29, 1.82) is 5.41 Å². The van der Waals surface area contributed by atoms with Crippen LogP contribution in [0.4, 0.5) is 16.2 Å². The summed E-state index contributed by atoms with van der Waals surface area (Å²) >= 11 is 4.72. The molecule has 0 unspecified atom stereocenters. The quantitative estimate of drug-likeness (QED) is 0.0312. The molecule has 0 bridgehead atoms. The van der Waals surface area contributed by atoms with Crippen molar-refractivity contribution in [1.82, 2.24) is 39.6 Å². The number of H-pyrrole nitrogens is 2. The highest BCUT2D eigenvalue weighted by atomic mass is 35.5. The highest BCUT2D eigenvalue weighted by molar-refractivity contribution is 6.61. The molecular formula is C70H77ClN12O7. The molecular weight excluding hydrogens is 1160 g/mol. The van der Waals surface area contributed by atoms with Crippen LogP contribution in [0.5, 0.6) is 5.75 Å². The molecule has 90 heavy (non-hydrogen) atoms. The minimum absolute atomic E-state index is 0.0874. The summed E-state index contributed by atoms with van der Waals surface area (Å²) in [6.45, 7) is 28.0. The number of anilines is 2. The summed E-state index contributed by atoms with van der Waals surface area (Å²) in [5, 5.41) is 23.7. The van der Waals surface area contributed by atoms with Gasteiger partial charge in [0.25, 0.3) is 6.54 Å². The second-order valence-corrected chi connectivity index (χ2v) is 21.3. The van der Waals surface area contributed by atoms with E-state index in [-0.39, 0.29) is 17.0 Å². The van der Waals surface area contributed by atoms with E-state index in [1.54, 1.807) is 23.5 Å². The fourth-order valence-corrected chi connectivity index (χ4v) is 10.7. The van der Waals surface area contributed by atoms with Gasteiger partial charge in [-0.15, -0.1) is 0 Å². The second-order valence-electron chi connectivity index (χ2n) is 20.9. The summed E-state index contributed by atoms with van der Waals surface area (Å²) in [6.07, 6.45) is 6.99. The van der Waals surface area contributed by atoms with Gasteiger partial charge in [-0.25, -0.2) is 35.5 Å². The van der Waals surface area contributed by atoms with Crippen molar-refractivity contribution in [3.05, 3.63) is 184 Å². The lowest BCUT2D eigenvalue weighted by molar-refractivity contribution is 0.112. The number of aromatic nitrogens is 7. The van der Waals surface area contributed by atoms with Crippen LogP contribution in [0, 0.1) is 12.0 Å². The number of carbonyl (C=O) groups excluding carboxylic acids is 2. The predicted molar refractivity (Wildman–Crippen MR) is 361 cm³/mol. The van der Waals surface area contributed by atoms with E-state index in [1.807, 2.05) is 115 Å². The van der Waals surface area contributed by atoms with Crippen molar-refractivity contribution in [2.24, 2.45) is 0 Å². The first-order chi connectivity index (χ1) is 43.8. The van der Waals surface area contributed by atoms with Crippen LogP contribution in [0.3, 0.4) is 0 Å². The third-order valence-corrected chi connectivity index (χ3v) is 15.5. The molecule has 12 aromatic rings. The van der Waals surface area contributed by atoms with Crippen molar-refractivity contribution in [2.75, 3.05) is 55.7 Å². The van der Waals surface area contributed by atoms with Gasteiger partial charge >= 0.3 is 11.1 Å². The zero-order chi connectivity index (χ0) is 64.1. The van der Waals surface area contributed by atoms with E-state index in [4.69, 9.17) is 32.4 Å². The first-order valence-electron chi connectivity index (χ1n) is 30.6. The Bertz CT molecular complexity index is 4450. The van der Waals surface area contributed by atoms with E-state index >= 15 is 0 Å². The van der Waals surface area contributed by atoms with E-state index in [9.17, 15) is 19.5 Å². The molecule has 13 rings (SSSR count). The number of halogens is 1. The summed E-state index contributed by atoms with van der Waals surface area (Å²) in [6, 6.07) is 44.7. The SMILES string of the molecule is C1CCNCC1.CCC(CC)c1ccc(C=O)c(O)c1.CCN(CC)c1ccc2cc(-c3nc4ccccc4[nH]3)c(=N)oc2c1.CCN(CC)c1ccc2cc3c(nc(=O)n4c5ccccc5nc34)oc2c1.CCOC(=O)Cl.[C-]#[N+]Cc1nc2ccccc2[nH]1. The lowest BCUT2D eigenvalue weighted by atomic mass is 9.93. The molecule has 20 heteroatoms. The Labute approximate surface area is 527 Å². The van der Waals surface area contributed by atoms with Crippen LogP contribution in [-0.4, -0.2) is 97.0 Å². The number of aromatic amines is 2. The third kappa shape index (κ3) is 16.4. The number of hydrogen-bond donors (Lipinski definition) is 5. The van der Waals surface area contributed by atoms with Gasteiger partial charge in [0.05, 0.1) is 56.2 Å². The van der Waals surface area contributed by atoms with Gasteiger partial charge in [-0.2, -0.15) is 4.98 Å². The van der Waals surface area contributed by atoms with Crippen LogP contribution in [0.15, 0.2) is 153 Å². The van der Waals surface area contributed by atoms with Crippen LogP contribution in [0.1, 0.15) is 108 Å². The number of piperidine rings is 1. The van der Waals surface area contributed by atoms with Crippen LogP contribution in [-0.2, 0) is 11.3 Å². The van der Waals surface area contributed by atoms with E-state index in [0.29, 0.717) is 64.8 Å². The molecule has 5 N–H and O–H groups in total. The van der Waals surface area contributed by atoms with Gasteiger partial charge in [-0.1, -0.05) is 62.7 Å². The molecule has 1 aliphatic rings. The number of ether oxygens (including phenoxy) is 1. The number of fused-ring (bicyclic) bond motifs is 9. The number of nitrogens with one attached hydrogen (secondary N) is 4. The molecule has 466 valence electrons. The minimum atomic E-state index is -0.738. The van der Waals surface area contributed by atoms with Gasteiger partial charge in [0, 0.05) is 72.1 Å². The molecule has 0 spiro atoms. The zero-order valence-corrected chi connectivity index (χ0v) is 52.7. The lowest BCUT2D eigenvalue weighted by Gasteiger charge is -2.21. The first kappa shape index (κ1) is 66.1. The maximum atomic E-state index is 12.6. The molecule has 0 saturated carbocycles. The third-order valence-electron chi connectivity index (χ3n) is 15.4. The Balaban J connectivity index is 0.000000151. The Morgan fingerprint density at radius 3 is 1.83 bits per heavy atom. The summed E-state index contributed by atoms with van der Waals surface area (Å²) in [5.41, 5.74) is 10.9. The van der Waals surface area contributed by atoms with Gasteiger partial charge in [-0.05, 0) is 170 Å². The molecule has 6 aromatic carbocycles. The molecule has 0 atom stereocenters. The van der Waals surface area contributed by atoms with Gasteiger partial charge in [-0.3, -0.25) is 10.2 Å². The van der Waals surface area contributed by atoms with Crippen LogP contribution in [0.25, 0.3) is 88.0 Å². The number of imidazole rings is 3. The monoisotopic (exact) mass is 1230 g/mol. The summed E-state index contributed by atoms with van der Waals surface area (Å²) in [4.78, 5) is 64.4. The number of carbonyl (C=O) groups is 2. The van der Waals surface area contributed by atoms with Crippen LogP contribution in [0.2, 0.25) is 0 Å². The van der Waals surface area contributed by atoms with Crippen LogP contribution >= 0.6 is 11.6 Å². The van der Waals surface area contributed by atoms with Crippen molar-refractivity contribution < 1.29 is 28.3 Å². The Morgan fingerprint density at radius 1 is 0.722 bits per heavy atom. The fourth-order valence-electron chi connectivity index (χ4n) is 10.6. The molecule has 1 saturated heterocycles. The first-order valence-corrected chi connectivity index (χ1v) is 31.0. The maximum absolute atomic E-state index is 12.6. The summed E-state index contributed by atoms with van der Waals surface area (Å²) < 4.78 is 17.5. The van der Waals surface area contributed by atoms with E-state index < -0.39 is 5.43 Å². The molecule has 1 aliphatic heterocycles. The van der Waals surface area contributed by atoms with Gasteiger partial charge in [0.1, 0.15) is 22.7 Å². The maximum Gasteiger partial charge on any atom is 0.403 e. The average Bonchev–Trinajstić information content (AvgIpc) is 1.54. The highest BCUT2D eigenvalue weighted by Crippen LogP contribution is 2.31. The molecule has 0 aliphatic carbocycles. The van der Waals surface area contributed by atoms with Gasteiger partial charge in [0.15, 0.2) is 17.8 Å². The number of phenols is 1. The smallest absolute Gasteiger partial charge is 0.403 e. The van der Waals surface area contributed by atoms with Crippen molar-refractivity contribution in [3.8, 4) is 17.1 Å². The number of hydrogen-bond acceptors (Lipinski definition) is 15. The van der Waals surface area contributed by atoms with E-state index in [2.05, 4.69) is 108 Å². The van der Waals surface area contributed by atoms with E-state index in [0.717, 1.165) is 111 Å². The molecule has 6 aromatic heterocycles. The number of benzene rings is 6. The second kappa shape index (κ2) is 32.4. The zero-order valence-electron chi connectivity index (χ0n) is 52.0. The number of para-hydroxylation sites is 6. The fraction of sp³-hybridized carbons (Fsp3) is 0.300. The Kier molecular flexibility index (Phi) is 23.8. The van der Waals surface area contributed by atoms with Gasteiger partial charge in [0.2, 0.25) is 11.3 Å². The summed E-state index contributed by atoms with van der Waals surface area (Å²) in [7, 11) is 0. The standard InChI is InChI=1S/C21H18N4O2.C20H20N4O.C12H16O2.C9H7N3.C5H11N.C3H5ClO2/c1-3-24(4-2)14-10-9-13-11-15-19-22-16-7-5-6-8-17(16)25(19)21(26)23-20(15)27-18(13)12-14;1-3-24(4-2)14-10-9-13-11-15(19(21)25-18(13)12-14)20-22-16-7-5-6-8-17(16)23-20;1-3-9(4-2)10-5-6-11(8-13)12(14)7-10;1-10-6-9-11-7-4-2-3-5-8(7)12-9;1-2-4-6-5-3-1;1-2-6-3(4)5/h5-12H,3-4H2,1-2H3;5-12,21H,3-4H2,1-2H3,(H,22,23);5-9,14H,3-4H2,1-2H3;2-5H,6H2,(H,11,12);6H,1-5H2;2H2,1H3. The minimum Gasteiger partial charge on any atom is -0.507 e. The molecule has 0 amide bonds. The number of aldehydes is 1. The molecule has 1 fully saturated rings. The van der Waals surface area contributed by atoms with Crippen molar-refractivity contribution in [3.63, 3.8) is 0 Å². The Morgan fingerprint density at radius 2 is 1.31 bits per heavy atom. The topological polar surface area (TPSA) is 241 Å². The predicted octanol–water partition coefficient (Wildman–Crippen LogP) is 15.5. The highest BCUT2D eigenvalue weighted by Gasteiger charge is 2.17. The largest absolute Gasteiger partial charge is 0.507 e. The normalized spacial score (nSPS) is 11.7. The summed E-state index contributed by atoms with van der Waals surface area (Å²) in [5.74, 6) is 1.96. The average molecular weight is 1230 g/mol. The van der Waals surface area contributed by atoms with E-state index in [1.165, 1.54) is 32.4 Å². The van der Waals surface area contributed by atoms with Crippen molar-refractivity contribution >= 4 is 106 Å². The molecule has 7 heterocycles. The van der Waals surface area contributed by atoms with Crippen LogP contribution < -0.4 is 26.4 Å².